The lowest BCUT2D eigenvalue weighted by atomic mass is 9.98. The van der Waals surface area contributed by atoms with Crippen LogP contribution in [0.25, 0.3) is 0 Å². The molecule has 0 fully saturated rings. The minimum atomic E-state index is 0.0996. The van der Waals surface area contributed by atoms with Gasteiger partial charge in [0, 0.05) is 10.5 Å². The first-order valence-electron chi connectivity index (χ1n) is 17.2. The Bertz CT molecular complexity index is 754. The molecule has 2 aromatic carbocycles. The normalized spacial score (nSPS) is 13.0. The molecule has 0 aliphatic carbocycles. The molecule has 0 aromatic heterocycles. The standard InChI is InChI=1S/C38H62S2/c1-3-5-7-9-11-13-15-17-19-21-23-33-25-29-35(30-26-33)37(39)38(40)36-31-27-34(28-32-36)24-22-20-18-16-14-12-10-8-6-4-2/h25-32,37-40H,3-24H2,1-2H3. The molecule has 0 nitrogen and oxygen atoms in total. The molecule has 0 aliphatic heterocycles. The van der Waals surface area contributed by atoms with Crippen LogP contribution < -0.4 is 0 Å². The Morgan fingerprint density at radius 3 is 0.900 bits per heavy atom. The molecule has 2 atom stereocenters. The smallest absolute Gasteiger partial charge is 0.0424 e. The molecule has 226 valence electrons. The van der Waals surface area contributed by atoms with Crippen molar-refractivity contribution in [2.24, 2.45) is 0 Å². The van der Waals surface area contributed by atoms with Crippen LogP contribution in [-0.4, -0.2) is 0 Å². The Morgan fingerprint density at radius 2 is 0.625 bits per heavy atom. The van der Waals surface area contributed by atoms with Crippen molar-refractivity contribution in [2.45, 2.75) is 166 Å². The van der Waals surface area contributed by atoms with Crippen molar-refractivity contribution in [2.75, 3.05) is 0 Å². The number of rotatable bonds is 25. The van der Waals surface area contributed by atoms with Crippen molar-refractivity contribution >= 4 is 25.3 Å². The summed E-state index contributed by atoms with van der Waals surface area (Å²) in [6.45, 7) is 4.58. The SMILES string of the molecule is CCCCCCCCCCCCc1ccc(C(S)C(S)c2ccc(CCCCCCCCCCCC)cc2)cc1. The molecule has 2 heteroatoms. The molecule has 0 bridgehead atoms. The Balaban J connectivity index is 1.60. The van der Waals surface area contributed by atoms with E-state index < -0.39 is 0 Å². The first-order chi connectivity index (χ1) is 19.7. The molecule has 0 saturated carbocycles. The molecule has 0 spiro atoms. The molecule has 0 saturated heterocycles. The fourth-order valence-corrected chi connectivity index (χ4v) is 6.45. The van der Waals surface area contributed by atoms with Gasteiger partial charge in [-0.1, -0.05) is 178 Å². The van der Waals surface area contributed by atoms with Crippen molar-refractivity contribution in [3.8, 4) is 0 Å². The molecule has 0 heterocycles. The van der Waals surface area contributed by atoms with E-state index in [0.29, 0.717) is 0 Å². The van der Waals surface area contributed by atoms with Gasteiger partial charge in [0.2, 0.25) is 0 Å². The summed E-state index contributed by atoms with van der Waals surface area (Å²) in [6, 6.07) is 18.3. The highest BCUT2D eigenvalue weighted by Gasteiger charge is 2.18. The van der Waals surface area contributed by atoms with Crippen LogP contribution in [0, 0.1) is 0 Å². The maximum Gasteiger partial charge on any atom is 0.0424 e. The number of aryl methyl sites for hydroxylation is 2. The third kappa shape index (κ3) is 16.0. The van der Waals surface area contributed by atoms with Gasteiger partial charge in [-0.05, 0) is 47.9 Å². The van der Waals surface area contributed by atoms with Gasteiger partial charge in [-0.3, -0.25) is 0 Å². The Hall–Kier alpha value is -0.860. The highest BCUT2D eigenvalue weighted by molar-refractivity contribution is 7.84. The monoisotopic (exact) mass is 582 g/mol. The van der Waals surface area contributed by atoms with Crippen LogP contribution in [0.1, 0.15) is 175 Å². The van der Waals surface area contributed by atoms with Crippen molar-refractivity contribution < 1.29 is 0 Å². The number of thiol groups is 2. The summed E-state index contributed by atoms with van der Waals surface area (Å²) in [7, 11) is 0. The van der Waals surface area contributed by atoms with Gasteiger partial charge in [0.1, 0.15) is 0 Å². The molecule has 40 heavy (non-hydrogen) atoms. The van der Waals surface area contributed by atoms with Crippen LogP contribution in [0.5, 0.6) is 0 Å². The largest absolute Gasteiger partial charge is 0.170 e. The zero-order valence-corrected chi connectivity index (χ0v) is 28.0. The summed E-state index contributed by atoms with van der Waals surface area (Å²) in [4.78, 5) is 0. The summed E-state index contributed by atoms with van der Waals surface area (Å²) in [6.07, 6.45) is 30.3. The van der Waals surface area contributed by atoms with E-state index in [9.17, 15) is 0 Å². The quantitative estimate of drug-likeness (QED) is 0.0844. The van der Waals surface area contributed by atoms with Gasteiger partial charge in [-0.25, -0.2) is 0 Å². The van der Waals surface area contributed by atoms with Crippen molar-refractivity contribution in [3.05, 3.63) is 70.8 Å². The first-order valence-corrected chi connectivity index (χ1v) is 18.2. The second kappa shape index (κ2) is 23.7. The molecule has 0 aliphatic rings. The first kappa shape index (κ1) is 35.3. The summed E-state index contributed by atoms with van der Waals surface area (Å²) in [5.41, 5.74) is 5.45. The third-order valence-corrected chi connectivity index (χ3v) is 10.0. The zero-order valence-electron chi connectivity index (χ0n) is 26.2. The van der Waals surface area contributed by atoms with Crippen LogP contribution >= 0.6 is 25.3 Å². The molecular formula is C38H62S2. The van der Waals surface area contributed by atoms with Crippen LogP contribution in [0.15, 0.2) is 48.5 Å². The topological polar surface area (TPSA) is 0 Å². The highest BCUT2D eigenvalue weighted by atomic mass is 32.1. The summed E-state index contributed by atoms with van der Waals surface area (Å²) >= 11 is 9.95. The van der Waals surface area contributed by atoms with E-state index >= 15 is 0 Å². The van der Waals surface area contributed by atoms with Gasteiger partial charge in [0.15, 0.2) is 0 Å². The maximum atomic E-state index is 4.98. The molecule has 2 unspecified atom stereocenters. The minimum absolute atomic E-state index is 0.0996. The van der Waals surface area contributed by atoms with E-state index in [1.165, 1.54) is 164 Å². The summed E-state index contributed by atoms with van der Waals surface area (Å²) < 4.78 is 0. The molecule has 0 radical (unpaired) electrons. The average molecular weight is 583 g/mol. The predicted molar refractivity (Wildman–Crippen MR) is 187 cm³/mol. The molecule has 2 rings (SSSR count). The van der Waals surface area contributed by atoms with E-state index in [0.717, 1.165) is 0 Å². The second-order valence-electron chi connectivity index (χ2n) is 12.2. The number of hydrogen-bond acceptors (Lipinski definition) is 2. The average Bonchev–Trinajstić information content (AvgIpc) is 2.99. The minimum Gasteiger partial charge on any atom is -0.170 e. The van der Waals surface area contributed by atoms with Crippen LogP contribution in [0.2, 0.25) is 0 Å². The van der Waals surface area contributed by atoms with E-state index in [4.69, 9.17) is 25.3 Å². The summed E-state index contributed by atoms with van der Waals surface area (Å²) in [5, 5.41) is 0.199. The van der Waals surface area contributed by atoms with Gasteiger partial charge in [-0.15, -0.1) is 0 Å². The second-order valence-corrected chi connectivity index (χ2v) is 13.3. The molecular weight excluding hydrogens is 521 g/mol. The maximum absolute atomic E-state index is 4.98. The van der Waals surface area contributed by atoms with Crippen LogP contribution in [0.3, 0.4) is 0 Å². The van der Waals surface area contributed by atoms with E-state index in [1.54, 1.807) is 0 Å². The van der Waals surface area contributed by atoms with Gasteiger partial charge >= 0.3 is 0 Å². The highest BCUT2D eigenvalue weighted by Crippen LogP contribution is 2.39. The Kier molecular flexibility index (Phi) is 20.9. The fraction of sp³-hybridized carbons (Fsp3) is 0.684. The van der Waals surface area contributed by atoms with Crippen LogP contribution in [-0.2, 0) is 12.8 Å². The third-order valence-electron chi connectivity index (χ3n) is 8.58. The number of hydrogen-bond donors (Lipinski definition) is 2. The molecule has 0 amide bonds. The number of unbranched alkanes of at least 4 members (excludes halogenated alkanes) is 18. The van der Waals surface area contributed by atoms with E-state index in [2.05, 4.69) is 62.4 Å². The van der Waals surface area contributed by atoms with Gasteiger partial charge in [-0.2, -0.15) is 25.3 Å². The molecule has 2 aromatic rings. The lowest BCUT2D eigenvalue weighted by Gasteiger charge is -2.20. The Morgan fingerprint density at radius 1 is 0.375 bits per heavy atom. The van der Waals surface area contributed by atoms with Crippen molar-refractivity contribution in [1.29, 1.82) is 0 Å². The van der Waals surface area contributed by atoms with Crippen LogP contribution in [0.4, 0.5) is 0 Å². The van der Waals surface area contributed by atoms with Crippen molar-refractivity contribution in [1.82, 2.24) is 0 Å². The Labute approximate surface area is 260 Å². The zero-order chi connectivity index (χ0) is 28.7. The lowest BCUT2D eigenvalue weighted by Crippen LogP contribution is -2.01. The predicted octanol–water partition coefficient (Wildman–Crippen LogP) is 13.3. The lowest BCUT2D eigenvalue weighted by molar-refractivity contribution is 0.556. The number of benzene rings is 2. The van der Waals surface area contributed by atoms with Crippen molar-refractivity contribution in [3.63, 3.8) is 0 Å². The molecule has 0 N–H and O–H groups in total. The van der Waals surface area contributed by atoms with Gasteiger partial charge < -0.3 is 0 Å². The summed E-state index contributed by atoms with van der Waals surface area (Å²) in [5.74, 6) is 0. The van der Waals surface area contributed by atoms with Gasteiger partial charge in [0.25, 0.3) is 0 Å². The van der Waals surface area contributed by atoms with E-state index in [-0.39, 0.29) is 10.5 Å². The van der Waals surface area contributed by atoms with Gasteiger partial charge in [0.05, 0.1) is 0 Å². The van der Waals surface area contributed by atoms with E-state index in [1.807, 2.05) is 0 Å². The fourth-order valence-electron chi connectivity index (χ4n) is 5.76.